The highest BCUT2D eigenvalue weighted by atomic mass is 31.2. The molecule has 0 aliphatic rings. The Balaban J connectivity index is 2.81. The van der Waals surface area contributed by atoms with E-state index in [1.807, 2.05) is 31.2 Å². The second kappa shape index (κ2) is 5.26. The summed E-state index contributed by atoms with van der Waals surface area (Å²) in [4.78, 5) is 0. The second-order valence-electron chi connectivity index (χ2n) is 3.13. The van der Waals surface area contributed by atoms with E-state index in [4.69, 9.17) is 9.05 Å². The monoisotopic (exact) mass is 226 g/mol. The molecule has 0 aliphatic heterocycles. The molecule has 1 aromatic rings. The highest BCUT2D eigenvalue weighted by Gasteiger charge is 2.15. The van der Waals surface area contributed by atoms with Gasteiger partial charge in [-0.2, -0.15) is 0 Å². The first-order valence-corrected chi connectivity index (χ1v) is 6.18. The standard InChI is InChI=1S/C11H15O3P/c1-10-4-6-11(7-5-10)8-9-15(12,13-2)14-3/h4-9H,1-3H3. The molecule has 1 rings (SSSR count). The average Bonchev–Trinajstić information content (AvgIpc) is 2.28. The lowest BCUT2D eigenvalue weighted by Crippen LogP contribution is -1.83. The summed E-state index contributed by atoms with van der Waals surface area (Å²) in [5.74, 6) is 1.46. The van der Waals surface area contributed by atoms with Gasteiger partial charge in [-0.05, 0) is 18.6 Å². The quantitative estimate of drug-likeness (QED) is 0.737. The fourth-order valence-electron chi connectivity index (χ4n) is 1.05. The van der Waals surface area contributed by atoms with Gasteiger partial charge < -0.3 is 9.05 Å². The van der Waals surface area contributed by atoms with Crippen LogP contribution in [0.5, 0.6) is 0 Å². The smallest absolute Gasteiger partial charge is 0.309 e. The molecule has 0 amide bonds. The molecule has 0 aromatic heterocycles. The van der Waals surface area contributed by atoms with Crippen LogP contribution >= 0.6 is 7.60 Å². The summed E-state index contributed by atoms with van der Waals surface area (Å²) in [6, 6.07) is 7.87. The Morgan fingerprint density at radius 2 is 1.67 bits per heavy atom. The van der Waals surface area contributed by atoms with Crippen molar-refractivity contribution in [3.8, 4) is 0 Å². The van der Waals surface area contributed by atoms with Gasteiger partial charge in [-0.1, -0.05) is 29.8 Å². The molecule has 0 heterocycles. The minimum Gasteiger partial charge on any atom is -0.309 e. The van der Waals surface area contributed by atoms with Crippen molar-refractivity contribution in [2.75, 3.05) is 14.2 Å². The number of rotatable bonds is 4. The predicted octanol–water partition coefficient (Wildman–Crippen LogP) is 3.45. The van der Waals surface area contributed by atoms with E-state index < -0.39 is 7.60 Å². The van der Waals surface area contributed by atoms with Crippen LogP contribution < -0.4 is 0 Å². The maximum atomic E-state index is 11.7. The molecule has 0 saturated carbocycles. The molecule has 0 N–H and O–H groups in total. The molecular weight excluding hydrogens is 211 g/mol. The lowest BCUT2D eigenvalue weighted by Gasteiger charge is -2.07. The van der Waals surface area contributed by atoms with Crippen molar-refractivity contribution in [2.24, 2.45) is 0 Å². The third kappa shape index (κ3) is 3.63. The van der Waals surface area contributed by atoms with Crippen molar-refractivity contribution < 1.29 is 13.6 Å². The van der Waals surface area contributed by atoms with Crippen LogP contribution in [0.15, 0.2) is 30.1 Å². The van der Waals surface area contributed by atoms with Crippen molar-refractivity contribution in [1.29, 1.82) is 0 Å². The first kappa shape index (κ1) is 12.2. The van der Waals surface area contributed by atoms with E-state index in [-0.39, 0.29) is 0 Å². The molecule has 0 aliphatic carbocycles. The predicted molar refractivity (Wildman–Crippen MR) is 61.8 cm³/mol. The molecule has 0 spiro atoms. The second-order valence-corrected chi connectivity index (χ2v) is 5.24. The molecule has 0 saturated heterocycles. The van der Waals surface area contributed by atoms with Crippen LogP contribution in [0.4, 0.5) is 0 Å². The van der Waals surface area contributed by atoms with Gasteiger partial charge in [0, 0.05) is 20.0 Å². The van der Waals surface area contributed by atoms with Gasteiger partial charge in [0.25, 0.3) is 0 Å². The summed E-state index contributed by atoms with van der Waals surface area (Å²) in [7, 11) is -0.309. The molecule has 82 valence electrons. The largest absolute Gasteiger partial charge is 0.353 e. The van der Waals surface area contributed by atoms with Crippen LogP contribution in [0.1, 0.15) is 11.1 Å². The molecule has 0 fully saturated rings. The van der Waals surface area contributed by atoms with Gasteiger partial charge in [0.1, 0.15) is 0 Å². The summed E-state index contributed by atoms with van der Waals surface area (Å²) >= 11 is 0. The van der Waals surface area contributed by atoms with Crippen molar-refractivity contribution in [3.05, 3.63) is 41.2 Å². The maximum absolute atomic E-state index is 11.7. The fraction of sp³-hybridized carbons (Fsp3) is 0.273. The van der Waals surface area contributed by atoms with Crippen molar-refractivity contribution in [1.82, 2.24) is 0 Å². The van der Waals surface area contributed by atoms with E-state index in [2.05, 4.69) is 0 Å². The van der Waals surface area contributed by atoms with Gasteiger partial charge in [0.2, 0.25) is 0 Å². The summed E-state index contributed by atoms with van der Waals surface area (Å²) in [6.07, 6.45) is 1.73. The van der Waals surface area contributed by atoms with Crippen LogP contribution in [0, 0.1) is 6.92 Å². The van der Waals surface area contributed by atoms with Gasteiger partial charge in [-0.3, -0.25) is 4.57 Å². The van der Waals surface area contributed by atoms with Crippen LogP contribution in [0.3, 0.4) is 0 Å². The zero-order valence-corrected chi connectivity index (χ0v) is 10.0. The minimum atomic E-state index is -3.04. The Morgan fingerprint density at radius 1 is 1.13 bits per heavy atom. The Morgan fingerprint density at radius 3 is 2.13 bits per heavy atom. The van der Waals surface area contributed by atoms with E-state index in [9.17, 15) is 4.57 Å². The van der Waals surface area contributed by atoms with Crippen LogP contribution in [-0.2, 0) is 13.6 Å². The molecule has 1 aromatic carbocycles. The average molecular weight is 226 g/mol. The summed E-state index contributed by atoms with van der Waals surface area (Å²) in [5.41, 5.74) is 2.16. The number of aryl methyl sites for hydroxylation is 1. The van der Waals surface area contributed by atoms with Crippen LogP contribution in [0.25, 0.3) is 6.08 Å². The van der Waals surface area contributed by atoms with E-state index in [0.29, 0.717) is 0 Å². The van der Waals surface area contributed by atoms with Crippen molar-refractivity contribution >= 4 is 13.7 Å². The Kier molecular flexibility index (Phi) is 4.28. The Hall–Kier alpha value is -0.890. The molecule has 4 heteroatoms. The summed E-state index contributed by atoms with van der Waals surface area (Å²) < 4.78 is 21.2. The number of hydrogen-bond acceptors (Lipinski definition) is 3. The van der Waals surface area contributed by atoms with Gasteiger partial charge in [-0.15, -0.1) is 0 Å². The third-order valence-electron chi connectivity index (χ3n) is 2.04. The molecule has 0 radical (unpaired) electrons. The van der Waals surface area contributed by atoms with Crippen molar-refractivity contribution in [2.45, 2.75) is 6.92 Å². The van der Waals surface area contributed by atoms with E-state index in [1.165, 1.54) is 25.6 Å². The zero-order valence-electron chi connectivity index (χ0n) is 9.14. The zero-order chi connectivity index (χ0) is 11.3. The number of hydrogen-bond donors (Lipinski definition) is 0. The lowest BCUT2D eigenvalue weighted by atomic mass is 10.2. The van der Waals surface area contributed by atoms with Crippen LogP contribution in [0.2, 0.25) is 0 Å². The van der Waals surface area contributed by atoms with Gasteiger partial charge in [-0.25, -0.2) is 0 Å². The SMILES string of the molecule is COP(=O)(C=Cc1ccc(C)cc1)OC. The number of benzene rings is 1. The fourth-order valence-corrected chi connectivity index (χ4v) is 1.80. The highest BCUT2D eigenvalue weighted by Crippen LogP contribution is 2.48. The maximum Gasteiger partial charge on any atom is 0.353 e. The molecule has 0 bridgehead atoms. The summed E-state index contributed by atoms with van der Waals surface area (Å²) in [5, 5.41) is 0. The van der Waals surface area contributed by atoms with Crippen molar-refractivity contribution in [3.63, 3.8) is 0 Å². The Bertz CT molecular complexity index is 373. The van der Waals surface area contributed by atoms with E-state index in [1.54, 1.807) is 6.08 Å². The molecule has 0 unspecified atom stereocenters. The lowest BCUT2D eigenvalue weighted by molar-refractivity contribution is 0.286. The highest BCUT2D eigenvalue weighted by molar-refractivity contribution is 7.57. The normalized spacial score (nSPS) is 12.2. The molecular formula is C11H15O3P. The molecule has 15 heavy (non-hydrogen) atoms. The molecule has 0 atom stereocenters. The van der Waals surface area contributed by atoms with Gasteiger partial charge in [0.15, 0.2) is 0 Å². The molecule has 3 nitrogen and oxygen atoms in total. The topological polar surface area (TPSA) is 35.5 Å². The minimum absolute atomic E-state index is 0.968. The van der Waals surface area contributed by atoms with Gasteiger partial charge >= 0.3 is 7.60 Å². The van der Waals surface area contributed by atoms with Crippen LogP contribution in [-0.4, -0.2) is 14.2 Å². The summed E-state index contributed by atoms with van der Waals surface area (Å²) in [6.45, 7) is 2.02. The first-order valence-electron chi connectivity index (χ1n) is 4.57. The first-order chi connectivity index (χ1) is 7.09. The third-order valence-corrected chi connectivity index (χ3v) is 3.57. The van der Waals surface area contributed by atoms with E-state index >= 15 is 0 Å². The Labute approximate surface area is 90.3 Å². The van der Waals surface area contributed by atoms with Gasteiger partial charge in [0.05, 0.1) is 0 Å². The van der Waals surface area contributed by atoms with E-state index in [0.717, 1.165) is 5.56 Å².